The number of rotatable bonds is 4. The van der Waals surface area contributed by atoms with E-state index >= 15 is 0 Å². The van der Waals surface area contributed by atoms with Crippen LogP contribution in [0.1, 0.15) is 20.3 Å². The van der Waals surface area contributed by atoms with E-state index in [1.54, 1.807) is 14.2 Å². The molecule has 4 heteroatoms. The van der Waals surface area contributed by atoms with Crippen molar-refractivity contribution in [2.75, 3.05) is 38.8 Å². The van der Waals surface area contributed by atoms with E-state index in [0.29, 0.717) is 0 Å². The van der Waals surface area contributed by atoms with Gasteiger partial charge in [-0.1, -0.05) is 6.92 Å². The number of hydrogen-bond acceptors (Lipinski definition) is 4. The Morgan fingerprint density at radius 1 is 1.26 bits per heavy atom. The van der Waals surface area contributed by atoms with Crippen LogP contribution in [0.5, 0.6) is 11.5 Å². The first kappa shape index (κ1) is 14.0. The molecule has 0 bridgehead atoms. The zero-order valence-corrected chi connectivity index (χ0v) is 12.3. The van der Waals surface area contributed by atoms with Gasteiger partial charge in [0.15, 0.2) is 11.5 Å². The van der Waals surface area contributed by atoms with Gasteiger partial charge in [0.25, 0.3) is 0 Å². The van der Waals surface area contributed by atoms with Crippen LogP contribution in [-0.4, -0.2) is 39.4 Å². The summed E-state index contributed by atoms with van der Waals surface area (Å²) >= 11 is 0. The Morgan fingerprint density at radius 2 is 2.00 bits per heavy atom. The van der Waals surface area contributed by atoms with Crippen molar-refractivity contribution in [1.82, 2.24) is 5.32 Å². The molecule has 1 aliphatic heterocycles. The van der Waals surface area contributed by atoms with E-state index in [2.05, 4.69) is 36.2 Å². The van der Waals surface area contributed by atoms with Crippen molar-refractivity contribution in [2.45, 2.75) is 25.8 Å². The third-order valence-corrected chi connectivity index (χ3v) is 3.99. The van der Waals surface area contributed by atoms with Crippen molar-refractivity contribution in [2.24, 2.45) is 0 Å². The summed E-state index contributed by atoms with van der Waals surface area (Å²) in [7, 11) is 3.34. The van der Waals surface area contributed by atoms with Crippen LogP contribution in [0.3, 0.4) is 0 Å². The van der Waals surface area contributed by atoms with Gasteiger partial charge in [0, 0.05) is 36.9 Å². The molecule has 106 valence electrons. The van der Waals surface area contributed by atoms with Gasteiger partial charge < -0.3 is 19.7 Å². The first-order chi connectivity index (χ1) is 9.11. The predicted molar refractivity (Wildman–Crippen MR) is 78.5 cm³/mol. The van der Waals surface area contributed by atoms with E-state index in [1.165, 1.54) is 5.69 Å². The minimum Gasteiger partial charge on any atom is -0.493 e. The quantitative estimate of drug-likeness (QED) is 0.904. The minimum atomic E-state index is 0.186. The molecule has 0 aromatic heterocycles. The van der Waals surface area contributed by atoms with Crippen LogP contribution in [0.4, 0.5) is 5.69 Å². The maximum Gasteiger partial charge on any atom is 0.162 e. The van der Waals surface area contributed by atoms with Crippen LogP contribution in [0, 0.1) is 0 Å². The molecule has 1 heterocycles. The highest BCUT2D eigenvalue weighted by atomic mass is 16.5. The number of nitrogens with one attached hydrogen (secondary N) is 1. The molecule has 1 unspecified atom stereocenters. The van der Waals surface area contributed by atoms with Crippen LogP contribution in [0.2, 0.25) is 0 Å². The average Bonchev–Trinajstić information content (AvgIpc) is 2.46. The first-order valence-corrected chi connectivity index (χ1v) is 6.84. The van der Waals surface area contributed by atoms with Crippen molar-refractivity contribution in [3.8, 4) is 11.5 Å². The molecule has 0 radical (unpaired) electrons. The molecule has 0 aliphatic carbocycles. The van der Waals surface area contributed by atoms with Crippen LogP contribution >= 0.6 is 0 Å². The van der Waals surface area contributed by atoms with E-state index in [1.807, 2.05) is 6.07 Å². The summed E-state index contributed by atoms with van der Waals surface area (Å²) in [5.41, 5.74) is 1.38. The van der Waals surface area contributed by atoms with Crippen LogP contribution in [-0.2, 0) is 0 Å². The average molecular weight is 264 g/mol. The lowest BCUT2D eigenvalue weighted by atomic mass is 9.95. The second-order valence-electron chi connectivity index (χ2n) is 5.30. The first-order valence-electron chi connectivity index (χ1n) is 6.84. The molecule has 1 aromatic rings. The van der Waals surface area contributed by atoms with Crippen LogP contribution in [0.15, 0.2) is 18.2 Å². The highest BCUT2D eigenvalue weighted by Crippen LogP contribution is 2.32. The molecule has 1 N–H and O–H groups in total. The maximum atomic E-state index is 5.38. The van der Waals surface area contributed by atoms with Gasteiger partial charge in [-0.3, -0.25) is 0 Å². The monoisotopic (exact) mass is 264 g/mol. The fourth-order valence-corrected chi connectivity index (χ4v) is 2.53. The fourth-order valence-electron chi connectivity index (χ4n) is 2.53. The zero-order valence-electron chi connectivity index (χ0n) is 12.3. The molecular weight excluding hydrogens is 240 g/mol. The molecule has 0 amide bonds. The molecule has 4 nitrogen and oxygen atoms in total. The largest absolute Gasteiger partial charge is 0.493 e. The normalized spacial score (nSPS) is 23.3. The molecule has 2 rings (SSSR count). The van der Waals surface area contributed by atoms with Gasteiger partial charge in [-0.25, -0.2) is 0 Å². The third kappa shape index (κ3) is 2.95. The Balaban J connectivity index is 2.22. The van der Waals surface area contributed by atoms with Crippen molar-refractivity contribution in [1.29, 1.82) is 0 Å². The second kappa shape index (κ2) is 5.70. The Kier molecular flexibility index (Phi) is 4.20. The Bertz CT molecular complexity index is 436. The molecule has 19 heavy (non-hydrogen) atoms. The zero-order chi connectivity index (χ0) is 13.9. The molecular formula is C15H24N2O2. The van der Waals surface area contributed by atoms with Gasteiger partial charge in [0.1, 0.15) is 0 Å². The molecule has 1 saturated heterocycles. The molecule has 0 spiro atoms. The molecule has 0 saturated carbocycles. The minimum absolute atomic E-state index is 0.186. The Labute approximate surface area is 115 Å². The SMILES string of the molecule is CCC1(C)CN(c2ccc(OC)c(OC)c2)CCN1. The molecule has 1 atom stereocenters. The van der Waals surface area contributed by atoms with Gasteiger partial charge in [-0.05, 0) is 25.5 Å². The number of piperazine rings is 1. The lowest BCUT2D eigenvalue weighted by Crippen LogP contribution is -2.58. The summed E-state index contributed by atoms with van der Waals surface area (Å²) < 4.78 is 10.7. The fraction of sp³-hybridized carbons (Fsp3) is 0.600. The van der Waals surface area contributed by atoms with Crippen molar-refractivity contribution in [3.63, 3.8) is 0 Å². The smallest absolute Gasteiger partial charge is 0.162 e. The topological polar surface area (TPSA) is 33.7 Å². The number of benzene rings is 1. The van der Waals surface area contributed by atoms with E-state index in [9.17, 15) is 0 Å². The van der Waals surface area contributed by atoms with E-state index in [0.717, 1.165) is 37.6 Å². The number of anilines is 1. The number of hydrogen-bond donors (Lipinski definition) is 1. The van der Waals surface area contributed by atoms with Gasteiger partial charge in [-0.2, -0.15) is 0 Å². The van der Waals surface area contributed by atoms with E-state index in [-0.39, 0.29) is 5.54 Å². The number of methoxy groups -OCH3 is 2. The van der Waals surface area contributed by atoms with Gasteiger partial charge in [0.05, 0.1) is 14.2 Å². The van der Waals surface area contributed by atoms with E-state index < -0.39 is 0 Å². The van der Waals surface area contributed by atoms with Gasteiger partial charge in [-0.15, -0.1) is 0 Å². The lowest BCUT2D eigenvalue weighted by Gasteiger charge is -2.42. The van der Waals surface area contributed by atoms with Crippen molar-refractivity contribution < 1.29 is 9.47 Å². The van der Waals surface area contributed by atoms with Crippen LogP contribution < -0.4 is 19.7 Å². The van der Waals surface area contributed by atoms with Crippen LogP contribution in [0.25, 0.3) is 0 Å². The highest BCUT2D eigenvalue weighted by Gasteiger charge is 2.29. The number of nitrogens with zero attached hydrogens (tertiary/aromatic N) is 1. The second-order valence-corrected chi connectivity index (χ2v) is 5.30. The van der Waals surface area contributed by atoms with Crippen molar-refractivity contribution >= 4 is 5.69 Å². The molecule has 1 fully saturated rings. The Morgan fingerprint density at radius 3 is 2.63 bits per heavy atom. The summed E-state index contributed by atoms with van der Waals surface area (Å²) in [5.74, 6) is 1.57. The van der Waals surface area contributed by atoms with Gasteiger partial charge >= 0.3 is 0 Å². The highest BCUT2D eigenvalue weighted by molar-refractivity contribution is 5.57. The third-order valence-electron chi connectivity index (χ3n) is 3.99. The van der Waals surface area contributed by atoms with Crippen molar-refractivity contribution in [3.05, 3.63) is 18.2 Å². The molecule has 1 aliphatic rings. The summed E-state index contributed by atoms with van der Waals surface area (Å²) in [6.45, 7) is 7.55. The molecule has 1 aromatic carbocycles. The van der Waals surface area contributed by atoms with Gasteiger partial charge in [0.2, 0.25) is 0 Å². The lowest BCUT2D eigenvalue weighted by molar-refractivity contribution is 0.313. The maximum absolute atomic E-state index is 5.38. The summed E-state index contributed by atoms with van der Waals surface area (Å²) in [6, 6.07) is 6.13. The number of ether oxygens (including phenoxy) is 2. The van der Waals surface area contributed by atoms with E-state index in [4.69, 9.17) is 9.47 Å². The summed E-state index contributed by atoms with van der Waals surface area (Å²) in [6.07, 6.45) is 1.12. The predicted octanol–water partition coefficient (Wildman–Crippen LogP) is 2.28. The Hall–Kier alpha value is -1.42. The standard InChI is InChI=1S/C15H24N2O2/c1-5-15(2)11-17(9-8-16-15)12-6-7-13(18-3)14(10-12)19-4/h6-7,10,16H,5,8-9,11H2,1-4H3. The summed E-state index contributed by atoms with van der Waals surface area (Å²) in [5, 5.41) is 3.60. The summed E-state index contributed by atoms with van der Waals surface area (Å²) in [4.78, 5) is 2.40.